The fourth-order valence-electron chi connectivity index (χ4n) is 10.4. The highest BCUT2D eigenvalue weighted by atomic mass is 16.4. The van der Waals surface area contributed by atoms with Gasteiger partial charge in [0, 0.05) is 11.8 Å². The number of fused-ring (bicyclic) bond motifs is 7. The Hall–Kier alpha value is -1.12. The SMILES string of the molecule is CC1(C)CC[C@@]2(C(=O)O)CC[C@@]3(C)C(=CC[C@H]4[C@]5(C)CCC(=O)C(C)(C)[C@H]5CC[C@@]43C)[C@H]2C1. The monoisotopic (exact) mass is 454 g/mol. The molecule has 0 aromatic rings. The van der Waals surface area contributed by atoms with Gasteiger partial charge in [-0.3, -0.25) is 9.59 Å². The number of carboxylic acid groups (broad SMARTS) is 1. The third-order valence-electron chi connectivity index (χ3n) is 12.8. The van der Waals surface area contributed by atoms with Crippen LogP contribution >= 0.6 is 0 Å². The summed E-state index contributed by atoms with van der Waals surface area (Å²) in [5, 5.41) is 10.5. The molecule has 0 aromatic heterocycles. The van der Waals surface area contributed by atoms with Crippen LogP contribution in [0.5, 0.6) is 0 Å². The minimum absolute atomic E-state index is 0.0620. The van der Waals surface area contributed by atoms with E-state index in [-0.39, 0.29) is 33.0 Å². The molecule has 0 unspecified atom stereocenters. The largest absolute Gasteiger partial charge is 0.481 e. The summed E-state index contributed by atoms with van der Waals surface area (Å²) in [6.45, 7) is 16.6. The first-order valence-corrected chi connectivity index (χ1v) is 13.6. The van der Waals surface area contributed by atoms with Crippen LogP contribution in [0.4, 0.5) is 0 Å². The Bertz CT molecular complexity index is 927. The summed E-state index contributed by atoms with van der Waals surface area (Å²) >= 11 is 0. The van der Waals surface area contributed by atoms with E-state index < -0.39 is 11.4 Å². The maximum Gasteiger partial charge on any atom is 0.310 e. The van der Waals surface area contributed by atoms with Gasteiger partial charge in [-0.15, -0.1) is 0 Å². The molecule has 33 heavy (non-hydrogen) atoms. The van der Waals surface area contributed by atoms with Gasteiger partial charge in [0.25, 0.3) is 0 Å². The molecule has 0 amide bonds. The third kappa shape index (κ3) is 2.80. The Morgan fingerprint density at radius 3 is 2.24 bits per heavy atom. The van der Waals surface area contributed by atoms with Gasteiger partial charge in [0.15, 0.2) is 0 Å². The van der Waals surface area contributed by atoms with E-state index in [0.717, 1.165) is 57.8 Å². The molecule has 0 bridgehead atoms. The Balaban J connectivity index is 1.60. The van der Waals surface area contributed by atoms with Crippen molar-refractivity contribution in [3.8, 4) is 0 Å². The van der Waals surface area contributed by atoms with Crippen LogP contribution < -0.4 is 0 Å². The number of aliphatic carboxylic acids is 1. The van der Waals surface area contributed by atoms with Gasteiger partial charge in [-0.25, -0.2) is 0 Å². The van der Waals surface area contributed by atoms with Crippen LogP contribution in [-0.2, 0) is 9.59 Å². The fraction of sp³-hybridized carbons (Fsp3) is 0.867. The van der Waals surface area contributed by atoms with Crippen LogP contribution in [-0.4, -0.2) is 16.9 Å². The smallest absolute Gasteiger partial charge is 0.310 e. The minimum atomic E-state index is -0.565. The summed E-state index contributed by atoms with van der Waals surface area (Å²) in [6.07, 6.45) is 12.3. The van der Waals surface area contributed by atoms with Gasteiger partial charge < -0.3 is 5.11 Å². The summed E-state index contributed by atoms with van der Waals surface area (Å²) in [4.78, 5) is 25.6. The van der Waals surface area contributed by atoms with E-state index in [1.165, 1.54) is 12.0 Å². The van der Waals surface area contributed by atoms with Crippen LogP contribution in [0.25, 0.3) is 0 Å². The number of allylic oxidation sites excluding steroid dienone is 2. The molecule has 1 N–H and O–H groups in total. The second kappa shape index (κ2) is 6.76. The molecule has 184 valence electrons. The van der Waals surface area contributed by atoms with Crippen molar-refractivity contribution >= 4 is 11.8 Å². The Morgan fingerprint density at radius 2 is 1.58 bits per heavy atom. The lowest BCUT2D eigenvalue weighted by atomic mass is 9.33. The number of rotatable bonds is 1. The average molecular weight is 455 g/mol. The van der Waals surface area contributed by atoms with Gasteiger partial charge in [0.2, 0.25) is 0 Å². The van der Waals surface area contributed by atoms with Crippen LogP contribution in [0.2, 0.25) is 0 Å². The van der Waals surface area contributed by atoms with E-state index >= 15 is 0 Å². The van der Waals surface area contributed by atoms with Crippen molar-refractivity contribution < 1.29 is 14.7 Å². The lowest BCUT2D eigenvalue weighted by molar-refractivity contribution is -0.189. The number of ketones is 1. The molecule has 3 nitrogen and oxygen atoms in total. The van der Waals surface area contributed by atoms with Gasteiger partial charge in [0.05, 0.1) is 5.41 Å². The Labute approximate surface area is 201 Å². The lowest BCUT2D eigenvalue weighted by Crippen LogP contribution is -2.64. The molecule has 0 aromatic carbocycles. The normalized spacial score (nSPS) is 50.2. The molecular formula is C30H46O3. The number of carbonyl (C=O) groups is 2. The highest BCUT2D eigenvalue weighted by molar-refractivity contribution is 5.85. The number of hydrogen-bond donors (Lipinski definition) is 1. The first-order valence-electron chi connectivity index (χ1n) is 13.6. The van der Waals surface area contributed by atoms with Crippen molar-refractivity contribution in [1.82, 2.24) is 0 Å². The maximum absolute atomic E-state index is 12.9. The molecule has 3 heteroatoms. The second-order valence-electron chi connectivity index (χ2n) is 14.8. The molecule has 5 rings (SSSR count). The summed E-state index contributed by atoms with van der Waals surface area (Å²) in [6, 6.07) is 0. The summed E-state index contributed by atoms with van der Waals surface area (Å²) in [5.74, 6) is 1.10. The first kappa shape index (κ1) is 23.6. The third-order valence-corrected chi connectivity index (χ3v) is 12.8. The van der Waals surface area contributed by atoms with Crippen molar-refractivity contribution in [2.75, 3.05) is 0 Å². The fourth-order valence-corrected chi connectivity index (χ4v) is 10.4. The quantitative estimate of drug-likeness (QED) is 0.419. The van der Waals surface area contributed by atoms with Crippen molar-refractivity contribution in [3.63, 3.8) is 0 Å². The van der Waals surface area contributed by atoms with Gasteiger partial charge in [-0.2, -0.15) is 0 Å². The van der Waals surface area contributed by atoms with Crippen molar-refractivity contribution in [2.24, 2.45) is 50.2 Å². The minimum Gasteiger partial charge on any atom is -0.481 e. The molecule has 0 radical (unpaired) electrons. The molecule has 0 saturated heterocycles. The molecule has 0 spiro atoms. The van der Waals surface area contributed by atoms with Crippen molar-refractivity contribution in [1.29, 1.82) is 0 Å². The van der Waals surface area contributed by atoms with Gasteiger partial charge >= 0.3 is 5.97 Å². The van der Waals surface area contributed by atoms with E-state index in [1.807, 2.05) is 0 Å². The van der Waals surface area contributed by atoms with E-state index in [1.54, 1.807) is 0 Å². The summed E-state index contributed by atoms with van der Waals surface area (Å²) < 4.78 is 0. The van der Waals surface area contributed by atoms with Gasteiger partial charge in [-0.05, 0) is 97.2 Å². The van der Waals surface area contributed by atoms with Crippen molar-refractivity contribution in [3.05, 3.63) is 11.6 Å². The second-order valence-corrected chi connectivity index (χ2v) is 14.8. The molecular weight excluding hydrogens is 408 g/mol. The predicted octanol–water partition coefficient (Wildman–Crippen LogP) is 7.44. The highest BCUT2D eigenvalue weighted by Gasteiger charge is 2.69. The molecule has 5 aliphatic rings. The molecule has 4 saturated carbocycles. The zero-order valence-corrected chi connectivity index (χ0v) is 22.1. The number of carboxylic acids is 1. The standard InChI is InChI=1S/C30H46O3/c1-25(2)14-16-30(24(32)33)17-15-28(6)19(20(30)18-25)8-9-22-27(5)12-11-23(31)26(3,4)21(27)10-13-29(22,28)7/h8,20-22H,9-18H2,1-7H3,(H,32,33)/t20-,21-,22+,27-,28+,29+,30-/m1/s1. The van der Waals surface area contributed by atoms with E-state index in [4.69, 9.17) is 0 Å². The average Bonchev–Trinajstić information content (AvgIpc) is 2.71. The molecule has 4 fully saturated rings. The van der Waals surface area contributed by atoms with Crippen LogP contribution in [0.15, 0.2) is 11.6 Å². The Kier molecular flexibility index (Phi) is 4.83. The Morgan fingerprint density at radius 1 is 0.909 bits per heavy atom. The highest BCUT2D eigenvalue weighted by Crippen LogP contribution is 2.75. The number of Topliss-reactive ketones (excluding diaryl/α,β-unsaturated/α-hetero) is 1. The van der Waals surface area contributed by atoms with Gasteiger partial charge in [-0.1, -0.05) is 60.1 Å². The topological polar surface area (TPSA) is 54.4 Å². The van der Waals surface area contributed by atoms with Crippen LogP contribution in [0.1, 0.15) is 113 Å². The van der Waals surface area contributed by atoms with Crippen LogP contribution in [0, 0.1) is 50.2 Å². The number of carbonyl (C=O) groups excluding carboxylic acids is 1. The van der Waals surface area contributed by atoms with E-state index in [2.05, 4.69) is 54.5 Å². The summed E-state index contributed by atoms with van der Waals surface area (Å²) in [7, 11) is 0. The summed E-state index contributed by atoms with van der Waals surface area (Å²) in [5.41, 5.74) is 1.33. The molecule has 0 aliphatic heterocycles. The van der Waals surface area contributed by atoms with Gasteiger partial charge in [0.1, 0.15) is 5.78 Å². The maximum atomic E-state index is 12.9. The van der Waals surface area contributed by atoms with E-state index in [9.17, 15) is 14.7 Å². The predicted molar refractivity (Wildman–Crippen MR) is 132 cm³/mol. The first-order chi connectivity index (χ1) is 15.1. The zero-order valence-electron chi connectivity index (χ0n) is 22.1. The molecule has 7 atom stereocenters. The molecule has 0 heterocycles. The lowest BCUT2D eigenvalue weighted by Gasteiger charge is -2.70. The zero-order chi connectivity index (χ0) is 24.2. The number of hydrogen-bond acceptors (Lipinski definition) is 2. The van der Waals surface area contributed by atoms with Crippen LogP contribution in [0.3, 0.4) is 0 Å². The molecule has 5 aliphatic carbocycles. The van der Waals surface area contributed by atoms with E-state index in [0.29, 0.717) is 17.6 Å². The van der Waals surface area contributed by atoms with Crippen molar-refractivity contribution in [2.45, 2.75) is 113 Å².